The van der Waals surface area contributed by atoms with Gasteiger partial charge in [-0.25, -0.2) is 0 Å². The number of nitrogen functional groups attached to an aromatic ring is 2. The highest BCUT2D eigenvalue weighted by Crippen LogP contribution is 2.13. The van der Waals surface area contributed by atoms with Crippen molar-refractivity contribution in [1.82, 2.24) is 14.8 Å². The molecule has 1 heterocycles. The summed E-state index contributed by atoms with van der Waals surface area (Å²) in [6, 6.07) is 8.89. The summed E-state index contributed by atoms with van der Waals surface area (Å²) in [5, 5.41) is 12.6. The number of hydrogen-bond acceptors (Lipinski definition) is 5. The van der Waals surface area contributed by atoms with Crippen LogP contribution in [-0.4, -0.2) is 14.8 Å². The zero-order valence-electron chi connectivity index (χ0n) is 7.75. The predicted molar refractivity (Wildman–Crippen MR) is 54.9 cm³/mol. The van der Waals surface area contributed by atoms with Crippen molar-refractivity contribution in [1.29, 1.82) is 5.26 Å². The summed E-state index contributed by atoms with van der Waals surface area (Å²) in [5.41, 5.74) is 12.2. The van der Waals surface area contributed by atoms with Gasteiger partial charge in [-0.15, -0.1) is 5.10 Å². The van der Waals surface area contributed by atoms with Crippen LogP contribution in [0.4, 0.5) is 11.9 Å². The molecule has 2 aromatic rings. The SMILES string of the molecule is N#Cc1cccc(-n2nc(N)nc2N)c1. The first-order valence-electron chi connectivity index (χ1n) is 4.19. The molecule has 74 valence electrons. The van der Waals surface area contributed by atoms with Gasteiger partial charge in [-0.05, 0) is 18.2 Å². The number of anilines is 2. The Kier molecular flexibility index (Phi) is 1.99. The van der Waals surface area contributed by atoms with Crippen molar-refractivity contribution in [2.45, 2.75) is 0 Å². The molecule has 6 heteroatoms. The third-order valence-corrected chi connectivity index (χ3v) is 1.87. The van der Waals surface area contributed by atoms with Crippen LogP contribution in [0.2, 0.25) is 0 Å². The minimum Gasteiger partial charge on any atom is -0.368 e. The summed E-state index contributed by atoms with van der Waals surface area (Å²) >= 11 is 0. The maximum absolute atomic E-state index is 8.73. The minimum atomic E-state index is 0.106. The van der Waals surface area contributed by atoms with Gasteiger partial charge in [-0.2, -0.15) is 14.9 Å². The van der Waals surface area contributed by atoms with E-state index in [1.165, 1.54) is 4.68 Å². The lowest BCUT2D eigenvalue weighted by Gasteiger charge is -2.01. The van der Waals surface area contributed by atoms with E-state index in [4.69, 9.17) is 16.7 Å². The highest BCUT2D eigenvalue weighted by molar-refractivity contribution is 5.45. The Balaban J connectivity index is 2.55. The minimum absolute atomic E-state index is 0.106. The molecule has 4 N–H and O–H groups in total. The Morgan fingerprint density at radius 3 is 2.73 bits per heavy atom. The van der Waals surface area contributed by atoms with Crippen LogP contribution in [-0.2, 0) is 0 Å². The van der Waals surface area contributed by atoms with Gasteiger partial charge < -0.3 is 11.5 Å². The summed E-state index contributed by atoms with van der Waals surface area (Å²) in [6.07, 6.45) is 0. The molecule has 15 heavy (non-hydrogen) atoms. The molecule has 0 aliphatic rings. The van der Waals surface area contributed by atoms with Crippen LogP contribution < -0.4 is 11.5 Å². The van der Waals surface area contributed by atoms with E-state index in [1.54, 1.807) is 24.3 Å². The van der Waals surface area contributed by atoms with Gasteiger partial charge in [0.25, 0.3) is 0 Å². The average Bonchev–Trinajstić information content (AvgIpc) is 2.58. The van der Waals surface area contributed by atoms with Gasteiger partial charge in [0, 0.05) is 0 Å². The summed E-state index contributed by atoms with van der Waals surface area (Å²) < 4.78 is 1.39. The van der Waals surface area contributed by atoms with E-state index in [9.17, 15) is 0 Å². The van der Waals surface area contributed by atoms with Crippen molar-refractivity contribution in [3.8, 4) is 11.8 Å². The van der Waals surface area contributed by atoms with Crippen molar-refractivity contribution < 1.29 is 0 Å². The molecule has 2 rings (SSSR count). The fourth-order valence-corrected chi connectivity index (χ4v) is 1.24. The fraction of sp³-hybridized carbons (Fsp3) is 0. The lowest BCUT2D eigenvalue weighted by Crippen LogP contribution is -2.02. The normalized spacial score (nSPS) is 9.80. The van der Waals surface area contributed by atoms with Crippen molar-refractivity contribution in [2.24, 2.45) is 0 Å². The van der Waals surface area contributed by atoms with Crippen LogP contribution in [0.5, 0.6) is 0 Å². The van der Waals surface area contributed by atoms with E-state index in [2.05, 4.69) is 10.1 Å². The lowest BCUT2D eigenvalue weighted by molar-refractivity contribution is 0.895. The Morgan fingerprint density at radius 2 is 2.13 bits per heavy atom. The second kappa shape index (κ2) is 3.31. The highest BCUT2D eigenvalue weighted by Gasteiger charge is 2.06. The first-order chi connectivity index (χ1) is 7.20. The van der Waals surface area contributed by atoms with Gasteiger partial charge in [0.05, 0.1) is 17.3 Å². The van der Waals surface area contributed by atoms with Crippen molar-refractivity contribution in [3.05, 3.63) is 29.8 Å². The quantitative estimate of drug-likeness (QED) is 0.688. The highest BCUT2D eigenvalue weighted by atomic mass is 15.4. The van der Waals surface area contributed by atoms with Gasteiger partial charge in [0.1, 0.15) is 0 Å². The molecule has 0 amide bonds. The Hall–Kier alpha value is -2.55. The van der Waals surface area contributed by atoms with Crippen LogP contribution in [0.15, 0.2) is 24.3 Å². The molecule has 0 saturated carbocycles. The van der Waals surface area contributed by atoms with E-state index < -0.39 is 0 Å². The van der Waals surface area contributed by atoms with Crippen molar-refractivity contribution >= 4 is 11.9 Å². The van der Waals surface area contributed by atoms with Gasteiger partial charge >= 0.3 is 0 Å². The predicted octanol–water partition coefficient (Wildman–Crippen LogP) is 0.303. The molecule has 0 fully saturated rings. The molecule has 0 unspecified atom stereocenters. The summed E-state index contributed by atoms with van der Waals surface area (Å²) in [4.78, 5) is 3.77. The number of aromatic nitrogens is 3. The summed E-state index contributed by atoms with van der Waals surface area (Å²) in [6.45, 7) is 0. The number of benzene rings is 1. The van der Waals surface area contributed by atoms with Gasteiger partial charge in [-0.3, -0.25) is 0 Å². The number of nitrogens with two attached hydrogens (primary N) is 2. The third-order valence-electron chi connectivity index (χ3n) is 1.87. The maximum atomic E-state index is 8.73. The van der Waals surface area contributed by atoms with E-state index in [-0.39, 0.29) is 11.9 Å². The first-order valence-corrected chi connectivity index (χ1v) is 4.19. The zero-order valence-corrected chi connectivity index (χ0v) is 7.75. The van der Waals surface area contributed by atoms with Crippen molar-refractivity contribution in [2.75, 3.05) is 11.5 Å². The zero-order chi connectivity index (χ0) is 10.8. The lowest BCUT2D eigenvalue weighted by atomic mass is 10.2. The summed E-state index contributed by atoms with van der Waals surface area (Å²) in [5.74, 6) is 0.303. The van der Waals surface area contributed by atoms with E-state index in [0.29, 0.717) is 11.3 Å². The largest absolute Gasteiger partial charge is 0.368 e. The second-order valence-corrected chi connectivity index (χ2v) is 2.90. The van der Waals surface area contributed by atoms with Crippen LogP contribution in [0.3, 0.4) is 0 Å². The van der Waals surface area contributed by atoms with Crippen LogP contribution in [0.1, 0.15) is 5.56 Å². The maximum Gasteiger partial charge on any atom is 0.241 e. The molecule has 0 aliphatic carbocycles. The molecule has 1 aromatic heterocycles. The number of hydrogen-bond donors (Lipinski definition) is 2. The molecule has 0 bridgehead atoms. The first kappa shape index (κ1) is 9.02. The number of nitriles is 1. The van der Waals surface area contributed by atoms with Gasteiger partial charge in [-0.1, -0.05) is 6.07 Å². The molecule has 0 spiro atoms. The van der Waals surface area contributed by atoms with E-state index in [1.807, 2.05) is 6.07 Å². The standard InChI is InChI=1S/C9H8N6/c10-5-6-2-1-3-7(4-6)15-9(12)13-8(11)14-15/h1-4H,(H4,11,12,13,14). The van der Waals surface area contributed by atoms with E-state index >= 15 is 0 Å². The molecule has 6 nitrogen and oxygen atoms in total. The average molecular weight is 200 g/mol. The topological polar surface area (TPSA) is 107 Å². The van der Waals surface area contributed by atoms with Crippen molar-refractivity contribution in [3.63, 3.8) is 0 Å². The Labute approximate surface area is 85.8 Å². The number of rotatable bonds is 1. The Morgan fingerprint density at radius 1 is 1.33 bits per heavy atom. The van der Waals surface area contributed by atoms with Gasteiger partial charge in [0.2, 0.25) is 11.9 Å². The molecule has 0 saturated heterocycles. The molecular weight excluding hydrogens is 192 g/mol. The summed E-state index contributed by atoms with van der Waals surface area (Å²) in [7, 11) is 0. The van der Waals surface area contributed by atoms with E-state index in [0.717, 1.165) is 0 Å². The smallest absolute Gasteiger partial charge is 0.241 e. The molecule has 0 aliphatic heterocycles. The van der Waals surface area contributed by atoms with Crippen LogP contribution >= 0.6 is 0 Å². The molecule has 0 radical (unpaired) electrons. The molecule has 0 atom stereocenters. The fourth-order valence-electron chi connectivity index (χ4n) is 1.24. The Bertz CT molecular complexity index is 536. The second-order valence-electron chi connectivity index (χ2n) is 2.90. The number of nitrogens with zero attached hydrogens (tertiary/aromatic N) is 4. The molecule has 1 aromatic carbocycles. The monoisotopic (exact) mass is 200 g/mol. The van der Waals surface area contributed by atoms with Crippen LogP contribution in [0.25, 0.3) is 5.69 Å². The van der Waals surface area contributed by atoms with Gasteiger partial charge in [0.15, 0.2) is 0 Å². The molecular formula is C9H8N6. The van der Waals surface area contributed by atoms with Crippen LogP contribution in [0, 0.1) is 11.3 Å². The third kappa shape index (κ3) is 1.58.